The van der Waals surface area contributed by atoms with Crippen molar-refractivity contribution in [2.75, 3.05) is 0 Å². The molecule has 2 heterocycles. The van der Waals surface area contributed by atoms with E-state index in [0.29, 0.717) is 6.42 Å². The van der Waals surface area contributed by atoms with Gasteiger partial charge in [0.15, 0.2) is 0 Å². The molecule has 1 aliphatic rings. The molecule has 1 aromatic rings. The Labute approximate surface area is 65.8 Å². The summed E-state index contributed by atoms with van der Waals surface area (Å²) in [5.74, 6) is 0.258. The van der Waals surface area contributed by atoms with Crippen LogP contribution in [-0.4, -0.2) is 10.5 Å². The van der Waals surface area contributed by atoms with Gasteiger partial charge in [-0.1, -0.05) is 0 Å². The molecule has 0 N–H and O–H groups in total. The van der Waals surface area contributed by atoms with E-state index in [1.54, 1.807) is 0 Å². The minimum atomic E-state index is 0.258. The van der Waals surface area contributed by atoms with Crippen molar-refractivity contribution in [2.45, 2.75) is 26.2 Å². The maximum Gasteiger partial charge on any atom is 0.231 e. The summed E-state index contributed by atoms with van der Waals surface area (Å²) < 4.78 is 1.84. The summed E-state index contributed by atoms with van der Waals surface area (Å²) in [4.78, 5) is 11.3. The Morgan fingerprint density at radius 1 is 1.36 bits per heavy atom. The lowest BCUT2D eigenvalue weighted by Crippen LogP contribution is -2.19. The van der Waals surface area contributed by atoms with Crippen molar-refractivity contribution in [3.05, 3.63) is 23.5 Å². The molecule has 0 aliphatic carbocycles. The van der Waals surface area contributed by atoms with E-state index in [2.05, 4.69) is 0 Å². The van der Waals surface area contributed by atoms with Crippen molar-refractivity contribution >= 4 is 5.91 Å². The predicted octanol–water partition coefficient (Wildman–Crippen LogP) is 1.77. The molecule has 1 aromatic heterocycles. The molecule has 0 saturated heterocycles. The first-order valence-electron chi connectivity index (χ1n) is 3.99. The van der Waals surface area contributed by atoms with Crippen LogP contribution in [0.5, 0.6) is 0 Å². The Bertz CT molecular complexity index is 299. The molecule has 0 fully saturated rings. The van der Waals surface area contributed by atoms with E-state index in [1.807, 2.05) is 23.6 Å². The standard InChI is InChI=1S/C9H11NO/c1-7-5-6-8-3-2-4-9(11)10(7)8/h5-6H,2-4H2,1H3. The average molecular weight is 149 g/mol. The molecule has 0 saturated carbocycles. The third-order valence-electron chi connectivity index (χ3n) is 2.23. The number of hydrogen-bond donors (Lipinski definition) is 0. The number of nitrogens with zero attached hydrogens (tertiary/aromatic N) is 1. The Kier molecular flexibility index (Phi) is 1.34. The predicted molar refractivity (Wildman–Crippen MR) is 42.7 cm³/mol. The van der Waals surface area contributed by atoms with Gasteiger partial charge in [0.25, 0.3) is 0 Å². The average Bonchev–Trinajstić information content (AvgIpc) is 2.34. The van der Waals surface area contributed by atoms with Crippen LogP contribution in [0.15, 0.2) is 12.1 Å². The van der Waals surface area contributed by atoms with E-state index >= 15 is 0 Å². The van der Waals surface area contributed by atoms with Crippen LogP contribution in [0.2, 0.25) is 0 Å². The second-order valence-electron chi connectivity index (χ2n) is 3.05. The summed E-state index contributed by atoms with van der Waals surface area (Å²) in [5, 5.41) is 0. The van der Waals surface area contributed by atoms with E-state index < -0.39 is 0 Å². The molecule has 58 valence electrons. The topological polar surface area (TPSA) is 22.0 Å². The van der Waals surface area contributed by atoms with E-state index in [4.69, 9.17) is 0 Å². The first-order valence-corrected chi connectivity index (χ1v) is 3.99. The van der Waals surface area contributed by atoms with E-state index in [9.17, 15) is 4.79 Å². The van der Waals surface area contributed by atoms with Crippen LogP contribution in [0.1, 0.15) is 29.0 Å². The molecule has 2 heteroatoms. The molecular formula is C9H11NO. The van der Waals surface area contributed by atoms with Crippen molar-refractivity contribution in [3.63, 3.8) is 0 Å². The zero-order valence-corrected chi connectivity index (χ0v) is 6.63. The van der Waals surface area contributed by atoms with Crippen LogP contribution in [0.25, 0.3) is 0 Å². The SMILES string of the molecule is Cc1ccc2n1C(=O)CCC2. The van der Waals surface area contributed by atoms with Gasteiger partial charge in [-0.2, -0.15) is 0 Å². The molecule has 11 heavy (non-hydrogen) atoms. The molecule has 0 aromatic carbocycles. The molecule has 1 aliphatic heterocycles. The summed E-state index contributed by atoms with van der Waals surface area (Å²) in [7, 11) is 0. The summed E-state index contributed by atoms with van der Waals surface area (Å²) >= 11 is 0. The minimum absolute atomic E-state index is 0.258. The van der Waals surface area contributed by atoms with Crippen molar-refractivity contribution < 1.29 is 4.79 Å². The van der Waals surface area contributed by atoms with Crippen molar-refractivity contribution in [1.82, 2.24) is 4.57 Å². The number of hydrogen-bond acceptors (Lipinski definition) is 1. The van der Waals surface area contributed by atoms with Crippen molar-refractivity contribution in [1.29, 1.82) is 0 Å². The lowest BCUT2D eigenvalue weighted by atomic mass is 10.1. The fourth-order valence-electron chi connectivity index (χ4n) is 1.68. The summed E-state index contributed by atoms with van der Waals surface area (Å²) in [6.45, 7) is 1.98. The van der Waals surface area contributed by atoms with Gasteiger partial charge >= 0.3 is 0 Å². The van der Waals surface area contributed by atoms with Gasteiger partial charge in [0, 0.05) is 17.8 Å². The minimum Gasteiger partial charge on any atom is -0.289 e. The third-order valence-corrected chi connectivity index (χ3v) is 2.23. The highest BCUT2D eigenvalue weighted by Crippen LogP contribution is 2.17. The highest BCUT2D eigenvalue weighted by Gasteiger charge is 2.16. The Morgan fingerprint density at radius 2 is 2.18 bits per heavy atom. The summed E-state index contributed by atoms with van der Waals surface area (Å²) in [5.41, 5.74) is 2.25. The zero-order valence-electron chi connectivity index (χ0n) is 6.63. The van der Waals surface area contributed by atoms with Gasteiger partial charge in [-0.3, -0.25) is 9.36 Å². The third kappa shape index (κ3) is 0.897. The van der Waals surface area contributed by atoms with Crippen LogP contribution in [0.4, 0.5) is 0 Å². The van der Waals surface area contributed by atoms with Gasteiger partial charge in [-0.15, -0.1) is 0 Å². The maximum absolute atomic E-state index is 11.3. The van der Waals surface area contributed by atoms with Crippen LogP contribution >= 0.6 is 0 Å². The van der Waals surface area contributed by atoms with Gasteiger partial charge in [0.2, 0.25) is 5.91 Å². The Hall–Kier alpha value is -1.05. The fourth-order valence-corrected chi connectivity index (χ4v) is 1.68. The number of aryl methyl sites for hydroxylation is 2. The van der Waals surface area contributed by atoms with E-state index in [1.165, 1.54) is 5.69 Å². The summed E-state index contributed by atoms with van der Waals surface area (Å²) in [6.07, 6.45) is 2.78. The van der Waals surface area contributed by atoms with Crippen LogP contribution in [0, 0.1) is 6.92 Å². The molecule has 0 spiro atoms. The first-order chi connectivity index (χ1) is 5.29. The highest BCUT2D eigenvalue weighted by molar-refractivity contribution is 5.81. The zero-order chi connectivity index (χ0) is 7.84. The molecule has 0 unspecified atom stereocenters. The molecular weight excluding hydrogens is 138 g/mol. The number of carbonyl (C=O) groups excluding carboxylic acids is 1. The molecule has 2 nitrogen and oxygen atoms in total. The van der Waals surface area contributed by atoms with Crippen LogP contribution < -0.4 is 0 Å². The number of aromatic nitrogens is 1. The van der Waals surface area contributed by atoms with Gasteiger partial charge in [0.05, 0.1) is 0 Å². The van der Waals surface area contributed by atoms with Gasteiger partial charge in [-0.25, -0.2) is 0 Å². The van der Waals surface area contributed by atoms with Crippen molar-refractivity contribution in [3.8, 4) is 0 Å². The van der Waals surface area contributed by atoms with Gasteiger partial charge in [0.1, 0.15) is 0 Å². The number of fused-ring (bicyclic) bond motifs is 1. The largest absolute Gasteiger partial charge is 0.289 e. The first kappa shape index (κ1) is 6.65. The Balaban J connectivity index is 2.56. The quantitative estimate of drug-likeness (QED) is 0.551. The molecule has 0 atom stereocenters. The second-order valence-corrected chi connectivity index (χ2v) is 3.05. The summed E-state index contributed by atoms with van der Waals surface area (Å²) in [6, 6.07) is 4.06. The normalized spacial score (nSPS) is 16.6. The molecule has 0 radical (unpaired) electrons. The maximum atomic E-state index is 11.3. The van der Waals surface area contributed by atoms with Gasteiger partial charge in [-0.05, 0) is 31.9 Å². The molecule has 2 rings (SSSR count). The lowest BCUT2D eigenvalue weighted by Gasteiger charge is -2.14. The van der Waals surface area contributed by atoms with Crippen LogP contribution in [0.3, 0.4) is 0 Å². The molecule has 0 amide bonds. The number of rotatable bonds is 0. The highest BCUT2D eigenvalue weighted by atomic mass is 16.2. The monoisotopic (exact) mass is 149 g/mol. The smallest absolute Gasteiger partial charge is 0.231 e. The van der Waals surface area contributed by atoms with Crippen molar-refractivity contribution in [2.24, 2.45) is 0 Å². The number of carbonyl (C=O) groups is 1. The van der Waals surface area contributed by atoms with Gasteiger partial charge < -0.3 is 0 Å². The fraction of sp³-hybridized carbons (Fsp3) is 0.444. The lowest BCUT2D eigenvalue weighted by molar-refractivity contribution is 0.0882. The van der Waals surface area contributed by atoms with E-state index in [-0.39, 0.29) is 5.91 Å². The van der Waals surface area contributed by atoms with Crippen LogP contribution in [-0.2, 0) is 6.42 Å². The molecule has 0 bridgehead atoms. The Morgan fingerprint density at radius 3 is 2.91 bits per heavy atom. The second kappa shape index (κ2) is 2.22. The van der Waals surface area contributed by atoms with E-state index in [0.717, 1.165) is 18.5 Å².